The molecule has 19 heavy (non-hydrogen) atoms. The predicted molar refractivity (Wildman–Crippen MR) is 81.5 cm³/mol. The second-order valence-electron chi connectivity index (χ2n) is 3.98. The van der Waals surface area contributed by atoms with Gasteiger partial charge in [0.15, 0.2) is 0 Å². The molecule has 0 fully saturated rings. The summed E-state index contributed by atoms with van der Waals surface area (Å²) in [6, 6.07) is 12.7. The van der Waals surface area contributed by atoms with Crippen molar-refractivity contribution in [1.82, 2.24) is 5.43 Å². The van der Waals surface area contributed by atoms with Gasteiger partial charge in [-0.1, -0.05) is 30.3 Å². The fourth-order valence-electron chi connectivity index (χ4n) is 2.00. The van der Waals surface area contributed by atoms with Crippen molar-refractivity contribution in [2.75, 3.05) is 6.26 Å². The summed E-state index contributed by atoms with van der Waals surface area (Å²) < 4.78 is 14.6. The molecule has 1 atom stereocenters. The molecule has 0 heterocycles. The molecule has 0 bridgehead atoms. The van der Waals surface area contributed by atoms with Gasteiger partial charge < -0.3 is 0 Å². The SMILES string of the molecule is CSc1ccccc1C(NN)c1cccc(Br)c1F. The first kappa shape index (κ1) is 14.5. The molecule has 0 aliphatic carbocycles. The van der Waals surface area contributed by atoms with Gasteiger partial charge in [-0.15, -0.1) is 11.8 Å². The number of nitrogens with one attached hydrogen (secondary N) is 1. The average Bonchev–Trinajstić information content (AvgIpc) is 2.45. The Morgan fingerprint density at radius 1 is 1.16 bits per heavy atom. The molecule has 0 saturated heterocycles. The lowest BCUT2D eigenvalue weighted by Crippen LogP contribution is -2.30. The van der Waals surface area contributed by atoms with Gasteiger partial charge in [-0.05, 0) is 39.9 Å². The maximum atomic E-state index is 14.2. The third kappa shape index (κ3) is 3.00. The summed E-state index contributed by atoms with van der Waals surface area (Å²) in [5.74, 6) is 5.35. The van der Waals surface area contributed by atoms with Crippen LogP contribution < -0.4 is 11.3 Å². The van der Waals surface area contributed by atoms with E-state index in [0.29, 0.717) is 10.0 Å². The molecule has 0 aromatic heterocycles. The van der Waals surface area contributed by atoms with E-state index >= 15 is 0 Å². The number of hydrazine groups is 1. The van der Waals surface area contributed by atoms with Gasteiger partial charge >= 0.3 is 0 Å². The van der Waals surface area contributed by atoms with Gasteiger partial charge in [0.1, 0.15) is 5.82 Å². The van der Waals surface area contributed by atoms with Crippen molar-refractivity contribution in [1.29, 1.82) is 0 Å². The molecule has 0 amide bonds. The maximum Gasteiger partial charge on any atom is 0.142 e. The molecule has 2 nitrogen and oxygen atoms in total. The van der Waals surface area contributed by atoms with Gasteiger partial charge in [0.25, 0.3) is 0 Å². The minimum absolute atomic E-state index is 0.290. The predicted octanol–water partition coefficient (Wildman–Crippen LogP) is 3.86. The summed E-state index contributed by atoms with van der Waals surface area (Å²) in [6.45, 7) is 0. The highest BCUT2D eigenvalue weighted by atomic mass is 79.9. The Morgan fingerprint density at radius 2 is 1.84 bits per heavy atom. The zero-order valence-electron chi connectivity index (χ0n) is 10.4. The lowest BCUT2D eigenvalue weighted by molar-refractivity contribution is 0.552. The normalized spacial score (nSPS) is 12.4. The Balaban J connectivity index is 2.53. The average molecular weight is 341 g/mol. The van der Waals surface area contributed by atoms with E-state index in [2.05, 4.69) is 21.4 Å². The molecule has 0 spiro atoms. The zero-order valence-corrected chi connectivity index (χ0v) is 12.8. The number of rotatable bonds is 4. The molecule has 2 aromatic rings. The lowest BCUT2D eigenvalue weighted by atomic mass is 9.99. The molecule has 1 unspecified atom stereocenters. The van der Waals surface area contributed by atoms with Crippen molar-refractivity contribution in [3.8, 4) is 0 Å². The van der Waals surface area contributed by atoms with Crippen molar-refractivity contribution < 1.29 is 4.39 Å². The quantitative estimate of drug-likeness (QED) is 0.504. The van der Waals surface area contributed by atoms with Crippen LogP contribution in [-0.4, -0.2) is 6.26 Å². The molecule has 0 aliphatic heterocycles. The van der Waals surface area contributed by atoms with Crippen LogP contribution in [0.4, 0.5) is 4.39 Å². The van der Waals surface area contributed by atoms with Crippen molar-refractivity contribution >= 4 is 27.7 Å². The second kappa shape index (κ2) is 6.52. The number of thioether (sulfide) groups is 1. The molecule has 2 rings (SSSR count). The van der Waals surface area contributed by atoms with Crippen LogP contribution in [-0.2, 0) is 0 Å². The van der Waals surface area contributed by atoms with Crippen molar-refractivity contribution in [2.24, 2.45) is 5.84 Å². The number of hydrogen-bond donors (Lipinski definition) is 2. The van der Waals surface area contributed by atoms with E-state index < -0.39 is 0 Å². The highest BCUT2D eigenvalue weighted by Crippen LogP contribution is 2.32. The largest absolute Gasteiger partial charge is 0.271 e. The molecule has 2 aromatic carbocycles. The minimum Gasteiger partial charge on any atom is -0.271 e. The van der Waals surface area contributed by atoms with E-state index in [1.54, 1.807) is 30.0 Å². The minimum atomic E-state index is -0.374. The molecule has 5 heteroatoms. The fraction of sp³-hybridized carbons (Fsp3) is 0.143. The first-order valence-corrected chi connectivity index (χ1v) is 7.73. The molecule has 0 radical (unpaired) electrons. The number of hydrogen-bond acceptors (Lipinski definition) is 3. The van der Waals surface area contributed by atoms with Crippen LogP contribution in [0, 0.1) is 5.82 Å². The van der Waals surface area contributed by atoms with E-state index in [1.165, 1.54) is 0 Å². The van der Waals surface area contributed by atoms with E-state index in [1.807, 2.05) is 30.5 Å². The van der Waals surface area contributed by atoms with Gasteiger partial charge in [0, 0.05) is 10.5 Å². The van der Waals surface area contributed by atoms with Gasteiger partial charge in [-0.25, -0.2) is 9.82 Å². The highest BCUT2D eigenvalue weighted by molar-refractivity contribution is 9.10. The number of nitrogens with two attached hydrogens (primary N) is 1. The van der Waals surface area contributed by atoms with Gasteiger partial charge in [-0.2, -0.15) is 0 Å². The molecule has 3 N–H and O–H groups in total. The summed E-state index contributed by atoms with van der Waals surface area (Å²) in [7, 11) is 0. The van der Waals surface area contributed by atoms with E-state index in [4.69, 9.17) is 5.84 Å². The Hall–Kier alpha value is -0.880. The first-order valence-electron chi connectivity index (χ1n) is 5.72. The van der Waals surface area contributed by atoms with Crippen LogP contribution in [0.15, 0.2) is 51.8 Å². The first-order chi connectivity index (χ1) is 9.19. The van der Waals surface area contributed by atoms with E-state index in [-0.39, 0.29) is 11.9 Å². The van der Waals surface area contributed by atoms with Crippen LogP contribution in [0.3, 0.4) is 0 Å². The Labute approximate surface area is 124 Å². The number of benzene rings is 2. The monoisotopic (exact) mass is 340 g/mol. The summed E-state index contributed by atoms with van der Waals surface area (Å²) in [6.07, 6.45) is 1.99. The lowest BCUT2D eigenvalue weighted by Gasteiger charge is -2.20. The summed E-state index contributed by atoms with van der Waals surface area (Å²) in [5.41, 5.74) is 4.20. The van der Waals surface area contributed by atoms with Gasteiger partial charge in [0.05, 0.1) is 10.5 Å². The molecule has 0 saturated carbocycles. The Morgan fingerprint density at radius 3 is 2.53 bits per heavy atom. The fourth-order valence-corrected chi connectivity index (χ4v) is 3.01. The van der Waals surface area contributed by atoms with Crippen LogP contribution in [0.2, 0.25) is 0 Å². The molecular formula is C14H14BrFN2S. The maximum absolute atomic E-state index is 14.2. The third-order valence-corrected chi connectivity index (χ3v) is 4.33. The zero-order chi connectivity index (χ0) is 13.8. The second-order valence-corrected chi connectivity index (χ2v) is 5.69. The standard InChI is InChI=1S/C14H14BrFN2S/c1-19-12-8-3-2-5-9(12)14(18-17)10-6-4-7-11(15)13(10)16/h2-8,14,18H,17H2,1H3. The van der Waals surface area contributed by atoms with E-state index in [0.717, 1.165) is 10.5 Å². The van der Waals surface area contributed by atoms with Crippen molar-refractivity contribution in [2.45, 2.75) is 10.9 Å². The number of halogens is 2. The topological polar surface area (TPSA) is 38.0 Å². The molecular weight excluding hydrogens is 327 g/mol. The van der Waals surface area contributed by atoms with Crippen LogP contribution in [0.1, 0.15) is 17.2 Å². The van der Waals surface area contributed by atoms with E-state index in [9.17, 15) is 4.39 Å². The van der Waals surface area contributed by atoms with Gasteiger partial charge in [0.2, 0.25) is 0 Å². The van der Waals surface area contributed by atoms with Crippen LogP contribution >= 0.6 is 27.7 Å². The van der Waals surface area contributed by atoms with Gasteiger partial charge in [-0.3, -0.25) is 5.84 Å². The smallest absolute Gasteiger partial charge is 0.142 e. The summed E-state index contributed by atoms with van der Waals surface area (Å²) in [5, 5.41) is 0. The van der Waals surface area contributed by atoms with Crippen LogP contribution in [0.25, 0.3) is 0 Å². The Bertz CT molecular complexity index is 577. The third-order valence-electron chi connectivity index (χ3n) is 2.91. The summed E-state index contributed by atoms with van der Waals surface area (Å²) in [4.78, 5) is 1.07. The van der Waals surface area contributed by atoms with Crippen molar-refractivity contribution in [3.63, 3.8) is 0 Å². The summed E-state index contributed by atoms with van der Waals surface area (Å²) >= 11 is 4.82. The van der Waals surface area contributed by atoms with Crippen LogP contribution in [0.5, 0.6) is 0 Å². The van der Waals surface area contributed by atoms with Crippen molar-refractivity contribution in [3.05, 3.63) is 63.9 Å². The highest BCUT2D eigenvalue weighted by Gasteiger charge is 2.20. The molecule has 100 valence electrons. The molecule has 0 aliphatic rings. The Kier molecular flexibility index (Phi) is 4.99.